The molecule has 0 spiro atoms. The summed E-state index contributed by atoms with van der Waals surface area (Å²) in [5, 5.41) is 12.8. The van der Waals surface area contributed by atoms with Crippen LogP contribution in [0.1, 0.15) is 41.9 Å². The Balaban J connectivity index is 2.49. The maximum atomic E-state index is 11.8. The molecule has 0 saturated heterocycles. The van der Waals surface area contributed by atoms with Gasteiger partial charge in [0.05, 0.1) is 11.2 Å². The van der Waals surface area contributed by atoms with Gasteiger partial charge in [-0.05, 0) is 18.3 Å². The molecule has 96 valence electrons. The van der Waals surface area contributed by atoms with Gasteiger partial charge in [0.15, 0.2) is 0 Å². The van der Waals surface area contributed by atoms with E-state index < -0.39 is 0 Å². The maximum Gasteiger partial charge on any atom is 0.263 e. The summed E-state index contributed by atoms with van der Waals surface area (Å²) in [6.07, 6.45) is 3.15. The Morgan fingerprint density at radius 3 is 2.82 bits per heavy atom. The van der Waals surface area contributed by atoms with Crippen molar-refractivity contribution in [3.8, 4) is 0 Å². The van der Waals surface area contributed by atoms with Crippen LogP contribution in [-0.2, 0) is 6.42 Å². The zero-order valence-electron chi connectivity index (χ0n) is 10.6. The van der Waals surface area contributed by atoms with Crippen LogP contribution in [0.3, 0.4) is 0 Å². The van der Waals surface area contributed by atoms with Crippen LogP contribution in [0.2, 0.25) is 0 Å². The number of rotatable bonds is 6. The SMILES string of the molecule is CCc1ncc(C(=O)NCC(C)(C)CCO)s1. The van der Waals surface area contributed by atoms with Gasteiger partial charge in [0.2, 0.25) is 0 Å². The van der Waals surface area contributed by atoms with Gasteiger partial charge in [0.1, 0.15) is 4.88 Å². The van der Waals surface area contributed by atoms with E-state index in [9.17, 15) is 4.79 Å². The second-order valence-corrected chi connectivity index (χ2v) is 5.91. The zero-order chi connectivity index (χ0) is 12.9. The van der Waals surface area contributed by atoms with Gasteiger partial charge in [0, 0.05) is 13.2 Å². The Morgan fingerprint density at radius 2 is 2.29 bits per heavy atom. The fourth-order valence-electron chi connectivity index (χ4n) is 1.38. The van der Waals surface area contributed by atoms with Crippen molar-refractivity contribution in [2.45, 2.75) is 33.6 Å². The summed E-state index contributed by atoms with van der Waals surface area (Å²) in [4.78, 5) is 16.6. The Morgan fingerprint density at radius 1 is 1.59 bits per heavy atom. The molecule has 0 unspecified atom stereocenters. The van der Waals surface area contributed by atoms with E-state index in [-0.39, 0.29) is 17.9 Å². The molecular formula is C12H20N2O2S. The van der Waals surface area contributed by atoms with Crippen LogP contribution in [0, 0.1) is 5.41 Å². The third-order valence-corrected chi connectivity index (χ3v) is 3.74. The summed E-state index contributed by atoms with van der Waals surface area (Å²) < 4.78 is 0. The molecule has 5 heteroatoms. The standard InChI is InChI=1S/C12H20N2O2S/c1-4-10-13-7-9(17-10)11(16)14-8-12(2,3)5-6-15/h7,15H,4-6,8H2,1-3H3,(H,14,16). The molecule has 0 radical (unpaired) electrons. The quantitative estimate of drug-likeness (QED) is 0.816. The normalized spacial score (nSPS) is 11.5. The van der Waals surface area contributed by atoms with Gasteiger partial charge >= 0.3 is 0 Å². The van der Waals surface area contributed by atoms with Crippen molar-refractivity contribution >= 4 is 17.2 Å². The minimum atomic E-state index is -0.0807. The number of amides is 1. The second-order valence-electron chi connectivity index (χ2n) is 4.79. The van der Waals surface area contributed by atoms with Gasteiger partial charge in [-0.1, -0.05) is 20.8 Å². The highest BCUT2D eigenvalue weighted by molar-refractivity contribution is 7.13. The van der Waals surface area contributed by atoms with Crippen molar-refractivity contribution in [3.63, 3.8) is 0 Å². The number of carbonyl (C=O) groups excluding carboxylic acids is 1. The molecule has 0 bridgehead atoms. The van der Waals surface area contributed by atoms with E-state index in [2.05, 4.69) is 10.3 Å². The van der Waals surface area contributed by atoms with Gasteiger partial charge in [0.25, 0.3) is 5.91 Å². The number of carbonyl (C=O) groups is 1. The average molecular weight is 256 g/mol. The highest BCUT2D eigenvalue weighted by Crippen LogP contribution is 2.19. The molecule has 17 heavy (non-hydrogen) atoms. The van der Waals surface area contributed by atoms with E-state index in [1.807, 2.05) is 20.8 Å². The minimum absolute atomic E-state index is 0.0757. The van der Waals surface area contributed by atoms with Crippen molar-refractivity contribution in [2.75, 3.05) is 13.2 Å². The molecule has 1 amide bonds. The molecule has 1 heterocycles. The summed E-state index contributed by atoms with van der Waals surface area (Å²) in [6, 6.07) is 0. The number of thiazole rings is 1. The van der Waals surface area contributed by atoms with Gasteiger partial charge in [-0.25, -0.2) is 4.98 Å². The summed E-state index contributed by atoms with van der Waals surface area (Å²) >= 11 is 1.43. The van der Waals surface area contributed by atoms with Crippen LogP contribution < -0.4 is 5.32 Å². The molecular weight excluding hydrogens is 236 g/mol. The summed E-state index contributed by atoms with van der Waals surface area (Å²) in [5.41, 5.74) is -0.0807. The molecule has 2 N–H and O–H groups in total. The second kappa shape index (κ2) is 6.12. The number of aliphatic hydroxyl groups excluding tert-OH is 1. The number of aryl methyl sites for hydroxylation is 1. The van der Waals surface area contributed by atoms with Crippen molar-refractivity contribution < 1.29 is 9.90 Å². The maximum absolute atomic E-state index is 11.8. The number of hydrogen-bond acceptors (Lipinski definition) is 4. The third-order valence-electron chi connectivity index (χ3n) is 2.60. The minimum Gasteiger partial charge on any atom is -0.396 e. The van der Waals surface area contributed by atoms with Crippen LogP contribution >= 0.6 is 11.3 Å². The lowest BCUT2D eigenvalue weighted by Crippen LogP contribution is -2.34. The predicted molar refractivity (Wildman–Crippen MR) is 69.3 cm³/mol. The lowest BCUT2D eigenvalue weighted by Gasteiger charge is -2.23. The first-order valence-corrected chi connectivity index (χ1v) is 6.64. The van der Waals surface area contributed by atoms with E-state index in [1.165, 1.54) is 11.3 Å². The van der Waals surface area contributed by atoms with Crippen LogP contribution in [0.15, 0.2) is 6.20 Å². The molecule has 1 rings (SSSR count). The number of hydrogen-bond donors (Lipinski definition) is 2. The first kappa shape index (κ1) is 14.1. The predicted octanol–water partition coefficient (Wildman–Crippen LogP) is 1.84. The van der Waals surface area contributed by atoms with E-state index in [0.717, 1.165) is 11.4 Å². The molecule has 1 aromatic heterocycles. The lowest BCUT2D eigenvalue weighted by molar-refractivity contribution is 0.0932. The summed E-state index contributed by atoms with van der Waals surface area (Å²) in [7, 11) is 0. The van der Waals surface area contributed by atoms with Gasteiger partial charge in [-0.15, -0.1) is 11.3 Å². The Kier molecular flexibility index (Phi) is 5.08. The van der Waals surface area contributed by atoms with Gasteiger partial charge in [-0.3, -0.25) is 4.79 Å². The van der Waals surface area contributed by atoms with Crippen LogP contribution in [0.5, 0.6) is 0 Å². The topological polar surface area (TPSA) is 62.2 Å². The van der Waals surface area contributed by atoms with E-state index in [1.54, 1.807) is 6.20 Å². The number of aliphatic hydroxyl groups is 1. The third kappa shape index (κ3) is 4.44. The first-order chi connectivity index (χ1) is 7.98. The Bertz CT molecular complexity index is 374. The smallest absolute Gasteiger partial charge is 0.263 e. The highest BCUT2D eigenvalue weighted by atomic mass is 32.1. The van der Waals surface area contributed by atoms with Gasteiger partial charge < -0.3 is 10.4 Å². The molecule has 0 fully saturated rings. The van der Waals surface area contributed by atoms with Crippen molar-refractivity contribution in [1.29, 1.82) is 0 Å². The van der Waals surface area contributed by atoms with E-state index >= 15 is 0 Å². The molecule has 0 aliphatic rings. The number of aromatic nitrogens is 1. The van der Waals surface area contributed by atoms with Gasteiger partial charge in [-0.2, -0.15) is 0 Å². The number of nitrogens with one attached hydrogen (secondary N) is 1. The van der Waals surface area contributed by atoms with E-state index in [4.69, 9.17) is 5.11 Å². The van der Waals surface area contributed by atoms with Crippen LogP contribution in [-0.4, -0.2) is 29.1 Å². The fourth-order valence-corrected chi connectivity index (χ4v) is 2.15. The summed E-state index contributed by atoms with van der Waals surface area (Å²) in [6.45, 7) is 6.77. The molecule has 1 aromatic rings. The molecule has 0 aromatic carbocycles. The molecule has 0 saturated carbocycles. The van der Waals surface area contributed by atoms with Crippen molar-refractivity contribution in [1.82, 2.24) is 10.3 Å². The van der Waals surface area contributed by atoms with Crippen molar-refractivity contribution in [3.05, 3.63) is 16.1 Å². The highest BCUT2D eigenvalue weighted by Gasteiger charge is 2.19. The lowest BCUT2D eigenvalue weighted by atomic mass is 9.90. The Labute approximate surface area is 106 Å². The molecule has 0 atom stereocenters. The van der Waals surface area contributed by atoms with Crippen molar-refractivity contribution in [2.24, 2.45) is 5.41 Å². The number of nitrogens with zero attached hydrogens (tertiary/aromatic N) is 1. The molecule has 0 aliphatic carbocycles. The molecule has 4 nitrogen and oxygen atoms in total. The average Bonchev–Trinajstić information content (AvgIpc) is 2.74. The zero-order valence-corrected chi connectivity index (χ0v) is 11.4. The van der Waals surface area contributed by atoms with Crippen LogP contribution in [0.4, 0.5) is 0 Å². The van der Waals surface area contributed by atoms with E-state index in [0.29, 0.717) is 17.8 Å². The largest absolute Gasteiger partial charge is 0.396 e. The fraction of sp³-hybridized carbons (Fsp3) is 0.667. The Hall–Kier alpha value is -0.940. The first-order valence-electron chi connectivity index (χ1n) is 5.82. The monoisotopic (exact) mass is 256 g/mol. The van der Waals surface area contributed by atoms with Crippen LogP contribution in [0.25, 0.3) is 0 Å². The summed E-state index contributed by atoms with van der Waals surface area (Å²) in [5.74, 6) is -0.0757. The molecule has 0 aliphatic heterocycles.